The van der Waals surface area contributed by atoms with Gasteiger partial charge in [0.25, 0.3) is 0 Å². The van der Waals surface area contributed by atoms with Crippen LogP contribution in [0.5, 0.6) is 0 Å². The number of benzene rings is 5. The Morgan fingerprint density at radius 1 is 0.571 bits per heavy atom. The molecule has 3 nitrogen and oxygen atoms in total. The molecule has 0 saturated carbocycles. The quantitative estimate of drug-likeness (QED) is 0.320. The third-order valence-electron chi connectivity index (χ3n) is 7.92. The van der Waals surface area contributed by atoms with Crippen molar-refractivity contribution in [2.75, 3.05) is 0 Å². The number of furan rings is 1. The minimum Gasteiger partial charge on any atom is -0.455 e. The topological polar surface area (TPSA) is 53.6 Å². The first kappa shape index (κ1) is 19.2. The van der Waals surface area contributed by atoms with E-state index < -0.39 is 12.5 Å². The highest BCUT2D eigenvalue weighted by Gasteiger charge is 2.52. The lowest BCUT2D eigenvalue weighted by molar-refractivity contribution is 0.426. The van der Waals surface area contributed by atoms with E-state index in [-0.39, 0.29) is 0 Å². The predicted molar refractivity (Wildman–Crippen MR) is 140 cm³/mol. The Morgan fingerprint density at radius 3 is 1.83 bits per heavy atom. The highest BCUT2D eigenvalue weighted by molar-refractivity contribution is 6.59. The molecule has 0 fully saturated rings. The smallest absolute Gasteiger partial charge is 0.455 e. The van der Waals surface area contributed by atoms with Crippen molar-refractivity contribution in [1.29, 1.82) is 0 Å². The monoisotopic (exact) mass is 450 g/mol. The number of hydrogen-bond acceptors (Lipinski definition) is 3. The van der Waals surface area contributed by atoms with Gasteiger partial charge in [-0.15, -0.1) is 0 Å². The van der Waals surface area contributed by atoms with Gasteiger partial charge in [0.1, 0.15) is 11.2 Å². The number of hydrogen-bond donors (Lipinski definition) is 2. The van der Waals surface area contributed by atoms with Gasteiger partial charge in [0.15, 0.2) is 0 Å². The van der Waals surface area contributed by atoms with E-state index in [1.54, 1.807) is 6.07 Å². The average Bonchev–Trinajstić information content (AvgIpc) is 3.52. The minimum atomic E-state index is -1.52. The fourth-order valence-corrected chi connectivity index (χ4v) is 6.59. The number of fused-ring (bicyclic) bond motifs is 14. The summed E-state index contributed by atoms with van der Waals surface area (Å²) in [6.45, 7) is 0. The van der Waals surface area contributed by atoms with Crippen molar-refractivity contribution in [3.05, 3.63) is 125 Å². The molecule has 35 heavy (non-hydrogen) atoms. The first-order valence-corrected chi connectivity index (χ1v) is 11.8. The summed E-state index contributed by atoms with van der Waals surface area (Å²) in [6.07, 6.45) is 0. The highest BCUT2D eigenvalue weighted by atomic mass is 16.4. The lowest BCUT2D eigenvalue weighted by Gasteiger charge is -2.30. The molecule has 4 heteroatoms. The molecule has 2 aliphatic rings. The predicted octanol–water partition coefficient (Wildman–Crippen LogP) is 5.61. The lowest BCUT2D eigenvalue weighted by Crippen LogP contribution is -2.29. The maximum atomic E-state index is 9.73. The van der Waals surface area contributed by atoms with Gasteiger partial charge in [0.2, 0.25) is 0 Å². The lowest BCUT2D eigenvalue weighted by atomic mass is 9.70. The molecule has 0 radical (unpaired) electrons. The summed E-state index contributed by atoms with van der Waals surface area (Å²) in [5.74, 6) is 0. The van der Waals surface area contributed by atoms with Crippen LogP contribution in [0.15, 0.2) is 108 Å². The van der Waals surface area contributed by atoms with Gasteiger partial charge in [0, 0.05) is 16.3 Å². The van der Waals surface area contributed by atoms with Crippen LogP contribution in [0.25, 0.3) is 44.2 Å². The van der Waals surface area contributed by atoms with Gasteiger partial charge >= 0.3 is 7.12 Å². The molecule has 8 rings (SSSR count). The third kappa shape index (κ3) is 2.20. The largest absolute Gasteiger partial charge is 0.488 e. The molecule has 1 aromatic heterocycles. The van der Waals surface area contributed by atoms with Gasteiger partial charge in [0.05, 0.1) is 5.41 Å². The fourth-order valence-electron chi connectivity index (χ4n) is 6.59. The van der Waals surface area contributed by atoms with E-state index >= 15 is 0 Å². The molecule has 164 valence electrons. The molecule has 0 aliphatic heterocycles. The SMILES string of the molecule is OB(O)c1ccc2oc3c4c(ccc3c2c1)C1(c2ccccc2-c2ccccc21)c1ccccc1-4. The Morgan fingerprint density at radius 2 is 1.17 bits per heavy atom. The standard InChI is InChI=1S/C31H19BO3/c33-32(34)18-13-16-28-23(17-18)21-14-15-27-29(30(21)35-28)22-9-3-6-12-26(22)31(27)24-10-4-1-7-19(24)20-8-2-5-11-25(20)31/h1-17,33-34H. The zero-order valence-corrected chi connectivity index (χ0v) is 18.7. The van der Waals surface area contributed by atoms with Gasteiger partial charge in [-0.05, 0) is 50.5 Å². The molecule has 1 spiro atoms. The van der Waals surface area contributed by atoms with E-state index in [9.17, 15) is 10.0 Å². The molecule has 0 bridgehead atoms. The minimum absolute atomic E-state index is 0.404. The average molecular weight is 450 g/mol. The van der Waals surface area contributed by atoms with Gasteiger partial charge in [-0.1, -0.05) is 97.1 Å². The Balaban J connectivity index is 1.56. The summed E-state index contributed by atoms with van der Waals surface area (Å²) in [6, 6.07) is 35.9. The Labute approximate surface area is 202 Å². The number of rotatable bonds is 1. The molecule has 0 atom stereocenters. The summed E-state index contributed by atoms with van der Waals surface area (Å²) in [5.41, 5.74) is 11.6. The van der Waals surface area contributed by atoms with E-state index in [1.807, 2.05) is 12.1 Å². The second-order valence-electron chi connectivity index (χ2n) is 9.48. The van der Waals surface area contributed by atoms with Crippen LogP contribution in [0, 0.1) is 0 Å². The second-order valence-corrected chi connectivity index (χ2v) is 9.48. The van der Waals surface area contributed by atoms with Crippen molar-refractivity contribution in [2.45, 2.75) is 5.41 Å². The van der Waals surface area contributed by atoms with E-state index in [0.717, 1.165) is 27.5 Å². The van der Waals surface area contributed by atoms with Crippen molar-refractivity contribution in [2.24, 2.45) is 0 Å². The first-order valence-electron chi connectivity index (χ1n) is 11.8. The van der Waals surface area contributed by atoms with Crippen molar-refractivity contribution in [3.8, 4) is 22.3 Å². The van der Waals surface area contributed by atoms with Crippen molar-refractivity contribution in [3.63, 3.8) is 0 Å². The van der Waals surface area contributed by atoms with E-state index in [2.05, 4.69) is 84.9 Å². The molecule has 5 aromatic carbocycles. The molecule has 2 aliphatic carbocycles. The van der Waals surface area contributed by atoms with Crippen LogP contribution in [0.4, 0.5) is 0 Å². The van der Waals surface area contributed by atoms with Crippen LogP contribution in [0.1, 0.15) is 22.3 Å². The first-order chi connectivity index (χ1) is 17.2. The second kappa shape index (κ2) is 6.51. The van der Waals surface area contributed by atoms with Crippen LogP contribution < -0.4 is 5.46 Å². The zero-order chi connectivity index (χ0) is 23.3. The van der Waals surface area contributed by atoms with Gasteiger partial charge in [-0.25, -0.2) is 0 Å². The molecular weight excluding hydrogens is 431 g/mol. The molecule has 6 aromatic rings. The maximum Gasteiger partial charge on any atom is 0.488 e. The maximum absolute atomic E-state index is 9.73. The summed E-state index contributed by atoms with van der Waals surface area (Å²) in [4.78, 5) is 0. The zero-order valence-electron chi connectivity index (χ0n) is 18.7. The normalized spacial score (nSPS) is 14.2. The summed E-state index contributed by atoms with van der Waals surface area (Å²) in [7, 11) is -1.52. The van der Waals surface area contributed by atoms with Crippen LogP contribution in [-0.2, 0) is 5.41 Å². The Bertz CT molecular complexity index is 1800. The van der Waals surface area contributed by atoms with Gasteiger partial charge in [-0.3, -0.25) is 0 Å². The third-order valence-corrected chi connectivity index (χ3v) is 7.92. The summed E-state index contributed by atoms with van der Waals surface area (Å²) >= 11 is 0. The summed E-state index contributed by atoms with van der Waals surface area (Å²) < 4.78 is 6.50. The van der Waals surface area contributed by atoms with Crippen molar-refractivity contribution >= 4 is 34.5 Å². The molecular formula is C31H19BO3. The van der Waals surface area contributed by atoms with E-state index in [0.29, 0.717) is 5.46 Å². The van der Waals surface area contributed by atoms with Crippen LogP contribution in [0.2, 0.25) is 0 Å². The highest BCUT2D eigenvalue weighted by Crippen LogP contribution is 2.63. The Hall–Kier alpha value is -4.12. The van der Waals surface area contributed by atoms with Crippen LogP contribution in [-0.4, -0.2) is 17.2 Å². The molecule has 0 amide bonds. The van der Waals surface area contributed by atoms with E-state index in [4.69, 9.17) is 4.42 Å². The molecule has 0 unspecified atom stereocenters. The van der Waals surface area contributed by atoms with Gasteiger partial charge in [-0.2, -0.15) is 0 Å². The van der Waals surface area contributed by atoms with Crippen LogP contribution in [0.3, 0.4) is 0 Å². The fraction of sp³-hybridized carbons (Fsp3) is 0.0323. The molecule has 1 heterocycles. The summed E-state index contributed by atoms with van der Waals surface area (Å²) in [5, 5.41) is 21.3. The Kier molecular flexibility index (Phi) is 3.57. The molecule has 2 N–H and O–H groups in total. The van der Waals surface area contributed by atoms with Crippen LogP contribution >= 0.6 is 0 Å². The van der Waals surface area contributed by atoms with Crippen molar-refractivity contribution < 1.29 is 14.5 Å². The molecule has 0 saturated heterocycles. The van der Waals surface area contributed by atoms with Gasteiger partial charge < -0.3 is 14.5 Å². The van der Waals surface area contributed by atoms with Crippen molar-refractivity contribution in [1.82, 2.24) is 0 Å². The van der Waals surface area contributed by atoms with E-state index in [1.165, 1.54) is 38.9 Å².